The van der Waals surface area contributed by atoms with E-state index in [9.17, 15) is 9.18 Å². The highest BCUT2D eigenvalue weighted by Crippen LogP contribution is 2.27. The Balaban J connectivity index is 1.19. The summed E-state index contributed by atoms with van der Waals surface area (Å²) in [5, 5.41) is 0. The summed E-state index contributed by atoms with van der Waals surface area (Å²) >= 11 is 0. The molecule has 0 aliphatic carbocycles. The Morgan fingerprint density at radius 3 is 2.43 bits per heavy atom. The standard InChI is InChI=1S/C29H30FN3O2/c30-26-12-10-24(11-13-26)28(31-35-21-23-6-2-1-3-7-23)20-32-16-14-22(15-17-32)18-33-19-25-8-4-5-9-27(25)29(33)34/h1-13,20,22,31H,14-19,21H2. The van der Waals surface area contributed by atoms with E-state index in [1.165, 1.54) is 12.1 Å². The molecule has 0 aromatic heterocycles. The lowest BCUT2D eigenvalue weighted by Crippen LogP contribution is -2.37. The molecule has 6 heteroatoms. The van der Waals surface area contributed by atoms with Gasteiger partial charge in [0.05, 0.1) is 12.3 Å². The van der Waals surface area contributed by atoms with Gasteiger partial charge in [0.15, 0.2) is 0 Å². The minimum absolute atomic E-state index is 0.154. The van der Waals surface area contributed by atoms with Gasteiger partial charge >= 0.3 is 0 Å². The van der Waals surface area contributed by atoms with Crippen molar-refractivity contribution in [3.05, 3.63) is 113 Å². The van der Waals surface area contributed by atoms with Crippen molar-refractivity contribution in [3.8, 4) is 0 Å². The predicted molar refractivity (Wildman–Crippen MR) is 134 cm³/mol. The fourth-order valence-electron chi connectivity index (χ4n) is 4.78. The van der Waals surface area contributed by atoms with Gasteiger partial charge in [-0.1, -0.05) is 48.5 Å². The van der Waals surface area contributed by atoms with E-state index in [0.29, 0.717) is 19.1 Å². The van der Waals surface area contributed by atoms with Crippen LogP contribution in [0.2, 0.25) is 0 Å². The molecule has 2 aliphatic heterocycles. The maximum absolute atomic E-state index is 13.5. The molecule has 0 radical (unpaired) electrons. The number of likely N-dealkylation sites (tertiary alicyclic amines) is 1. The van der Waals surface area contributed by atoms with Gasteiger partial charge in [-0.2, -0.15) is 0 Å². The highest BCUT2D eigenvalue weighted by molar-refractivity contribution is 5.98. The fraction of sp³-hybridized carbons (Fsp3) is 0.276. The summed E-state index contributed by atoms with van der Waals surface area (Å²) in [6.45, 7) is 3.73. The third-order valence-corrected chi connectivity index (χ3v) is 6.75. The maximum Gasteiger partial charge on any atom is 0.254 e. The Hall–Kier alpha value is -3.64. The van der Waals surface area contributed by atoms with Gasteiger partial charge in [0.2, 0.25) is 0 Å². The fourth-order valence-corrected chi connectivity index (χ4v) is 4.78. The molecule has 3 aromatic rings. The van der Waals surface area contributed by atoms with Crippen LogP contribution in [0.5, 0.6) is 0 Å². The van der Waals surface area contributed by atoms with Crippen molar-refractivity contribution in [2.45, 2.75) is 26.0 Å². The number of hydrogen-bond acceptors (Lipinski definition) is 4. The summed E-state index contributed by atoms with van der Waals surface area (Å²) in [6.07, 6.45) is 4.09. The zero-order valence-corrected chi connectivity index (χ0v) is 19.7. The molecule has 3 aromatic carbocycles. The van der Waals surface area contributed by atoms with Crippen molar-refractivity contribution in [2.24, 2.45) is 5.92 Å². The van der Waals surface area contributed by atoms with Crippen LogP contribution >= 0.6 is 0 Å². The van der Waals surface area contributed by atoms with Crippen LogP contribution in [0.25, 0.3) is 5.70 Å². The lowest BCUT2D eigenvalue weighted by atomic mass is 9.96. The van der Waals surface area contributed by atoms with Gasteiger partial charge in [0, 0.05) is 43.5 Å². The van der Waals surface area contributed by atoms with E-state index in [-0.39, 0.29) is 11.7 Å². The summed E-state index contributed by atoms with van der Waals surface area (Å²) in [4.78, 5) is 22.8. The van der Waals surface area contributed by atoms with Crippen LogP contribution in [-0.2, 0) is 18.0 Å². The molecular formula is C29H30FN3O2. The Morgan fingerprint density at radius 1 is 0.971 bits per heavy atom. The van der Waals surface area contributed by atoms with Crippen LogP contribution in [0.4, 0.5) is 4.39 Å². The molecule has 1 saturated heterocycles. The number of carbonyl (C=O) groups is 1. The van der Waals surface area contributed by atoms with Gasteiger partial charge < -0.3 is 9.80 Å². The van der Waals surface area contributed by atoms with Crippen LogP contribution in [0.1, 0.15) is 39.9 Å². The van der Waals surface area contributed by atoms with Gasteiger partial charge in [-0.3, -0.25) is 15.1 Å². The molecule has 1 fully saturated rings. The zero-order valence-electron chi connectivity index (χ0n) is 19.7. The molecule has 0 unspecified atom stereocenters. The monoisotopic (exact) mass is 471 g/mol. The number of nitrogens with zero attached hydrogens (tertiary/aromatic N) is 2. The van der Waals surface area contributed by atoms with E-state index < -0.39 is 0 Å². The first-order valence-corrected chi connectivity index (χ1v) is 12.2. The molecule has 0 bridgehead atoms. The number of halogens is 1. The first-order chi connectivity index (χ1) is 17.2. The second-order valence-electron chi connectivity index (χ2n) is 9.25. The predicted octanol–water partition coefficient (Wildman–Crippen LogP) is 5.21. The second kappa shape index (κ2) is 10.7. The van der Waals surface area contributed by atoms with Crippen molar-refractivity contribution in [1.82, 2.24) is 15.3 Å². The minimum atomic E-state index is -0.266. The molecule has 5 nitrogen and oxygen atoms in total. The average molecular weight is 472 g/mol. The van der Waals surface area contributed by atoms with Gasteiger partial charge in [-0.15, -0.1) is 0 Å². The summed E-state index contributed by atoms with van der Waals surface area (Å²) < 4.78 is 13.5. The average Bonchev–Trinajstić information content (AvgIpc) is 3.21. The molecule has 2 aliphatic rings. The van der Waals surface area contributed by atoms with E-state index in [1.54, 1.807) is 12.1 Å². The number of nitrogens with one attached hydrogen (secondary N) is 1. The molecule has 1 N–H and O–H groups in total. The lowest BCUT2D eigenvalue weighted by Gasteiger charge is -2.33. The second-order valence-corrected chi connectivity index (χ2v) is 9.25. The van der Waals surface area contributed by atoms with Crippen LogP contribution in [0.3, 0.4) is 0 Å². The number of hydrogen-bond donors (Lipinski definition) is 1. The van der Waals surface area contributed by atoms with Crippen LogP contribution in [0, 0.1) is 11.7 Å². The van der Waals surface area contributed by atoms with E-state index in [1.807, 2.05) is 59.5 Å². The van der Waals surface area contributed by atoms with Gasteiger partial charge in [-0.05, 0) is 60.2 Å². The minimum Gasteiger partial charge on any atom is -0.376 e. The first kappa shape index (κ1) is 23.1. The lowest BCUT2D eigenvalue weighted by molar-refractivity contribution is 0.0633. The SMILES string of the molecule is O=C1c2ccccc2CN1CC1CCN(C=C(NOCc2ccccc2)c2ccc(F)cc2)CC1. The van der Waals surface area contributed by atoms with Crippen molar-refractivity contribution >= 4 is 11.6 Å². The molecule has 0 saturated carbocycles. The zero-order chi connectivity index (χ0) is 24.0. The van der Waals surface area contributed by atoms with Crippen molar-refractivity contribution in [1.29, 1.82) is 0 Å². The molecule has 0 atom stereocenters. The molecule has 2 heterocycles. The first-order valence-electron chi connectivity index (χ1n) is 12.2. The summed E-state index contributed by atoms with van der Waals surface area (Å²) in [7, 11) is 0. The number of rotatable bonds is 8. The number of amides is 1. The summed E-state index contributed by atoms with van der Waals surface area (Å²) in [5.41, 5.74) is 7.78. The number of benzene rings is 3. The largest absolute Gasteiger partial charge is 0.376 e. The van der Waals surface area contributed by atoms with Crippen LogP contribution < -0.4 is 5.48 Å². The number of piperidine rings is 1. The highest BCUT2D eigenvalue weighted by Gasteiger charge is 2.29. The summed E-state index contributed by atoms with van der Waals surface area (Å²) in [6, 6.07) is 24.3. The molecular weight excluding hydrogens is 441 g/mol. The smallest absolute Gasteiger partial charge is 0.254 e. The number of hydroxylamine groups is 1. The normalized spacial score (nSPS) is 16.5. The van der Waals surface area contributed by atoms with Crippen LogP contribution in [-0.4, -0.2) is 35.3 Å². The van der Waals surface area contributed by atoms with Gasteiger partial charge in [0.25, 0.3) is 5.91 Å². The van der Waals surface area contributed by atoms with Gasteiger partial charge in [0.1, 0.15) is 5.82 Å². The van der Waals surface area contributed by atoms with E-state index in [2.05, 4.69) is 16.6 Å². The van der Waals surface area contributed by atoms with Crippen LogP contribution in [0.15, 0.2) is 85.1 Å². The third-order valence-electron chi connectivity index (χ3n) is 6.75. The number of carbonyl (C=O) groups excluding carboxylic acids is 1. The molecule has 1 amide bonds. The van der Waals surface area contributed by atoms with E-state index in [4.69, 9.17) is 4.84 Å². The Labute approximate surface area is 205 Å². The van der Waals surface area contributed by atoms with E-state index in [0.717, 1.165) is 60.4 Å². The summed E-state index contributed by atoms with van der Waals surface area (Å²) in [5.74, 6) is 0.369. The molecule has 0 spiro atoms. The Morgan fingerprint density at radius 2 is 1.69 bits per heavy atom. The van der Waals surface area contributed by atoms with E-state index >= 15 is 0 Å². The third kappa shape index (κ3) is 5.72. The Bertz CT molecular complexity index is 1170. The molecule has 5 rings (SSSR count). The number of fused-ring (bicyclic) bond motifs is 1. The quantitative estimate of drug-likeness (QED) is 0.458. The Kier molecular flexibility index (Phi) is 7.09. The van der Waals surface area contributed by atoms with Gasteiger partial charge in [-0.25, -0.2) is 4.39 Å². The van der Waals surface area contributed by atoms with Crippen molar-refractivity contribution in [3.63, 3.8) is 0 Å². The maximum atomic E-state index is 13.5. The van der Waals surface area contributed by atoms with Crippen molar-refractivity contribution < 1.29 is 14.0 Å². The molecule has 35 heavy (non-hydrogen) atoms. The molecule has 180 valence electrons. The topological polar surface area (TPSA) is 44.8 Å². The van der Waals surface area contributed by atoms with Crippen molar-refractivity contribution in [2.75, 3.05) is 19.6 Å². The highest BCUT2D eigenvalue weighted by atomic mass is 19.1.